The predicted molar refractivity (Wildman–Crippen MR) is 91.1 cm³/mol. The molecule has 0 aliphatic rings. The first-order chi connectivity index (χ1) is 12.0. The van der Waals surface area contributed by atoms with E-state index in [-0.39, 0.29) is 30.4 Å². The number of ether oxygens (including phenoxy) is 2. The van der Waals surface area contributed by atoms with Gasteiger partial charge in [0.2, 0.25) is 5.76 Å². The van der Waals surface area contributed by atoms with Crippen LogP contribution < -0.4 is 4.74 Å². The molecule has 2 aromatic rings. The summed E-state index contributed by atoms with van der Waals surface area (Å²) in [5.74, 6) is -1.41. The largest absolute Gasteiger partial charge is 0.487 e. The van der Waals surface area contributed by atoms with Crippen LogP contribution in [0.3, 0.4) is 0 Å². The van der Waals surface area contributed by atoms with Gasteiger partial charge in [-0.1, -0.05) is 36.4 Å². The third-order valence-electron chi connectivity index (χ3n) is 3.23. The van der Waals surface area contributed by atoms with Crippen LogP contribution in [-0.4, -0.2) is 22.6 Å². The van der Waals surface area contributed by atoms with Crippen molar-refractivity contribution in [1.82, 2.24) is 0 Å². The van der Waals surface area contributed by atoms with Gasteiger partial charge in [0.15, 0.2) is 5.75 Å². The molecule has 0 fully saturated rings. The number of nitro groups is 1. The van der Waals surface area contributed by atoms with Crippen molar-refractivity contribution in [3.05, 3.63) is 75.5 Å². The minimum atomic E-state index is -1.24. The number of hydrogen-bond acceptors (Lipinski definition) is 5. The highest BCUT2D eigenvalue weighted by atomic mass is 16.6. The minimum Gasteiger partial charge on any atom is -0.487 e. The molecule has 7 nitrogen and oxygen atoms in total. The Kier molecular flexibility index (Phi) is 6.11. The Morgan fingerprint density at radius 3 is 2.56 bits per heavy atom. The average molecular weight is 343 g/mol. The molecule has 2 aromatic carbocycles. The van der Waals surface area contributed by atoms with Gasteiger partial charge in [0.25, 0.3) is 0 Å². The van der Waals surface area contributed by atoms with Gasteiger partial charge in [-0.05, 0) is 30.2 Å². The van der Waals surface area contributed by atoms with Crippen LogP contribution in [0.1, 0.15) is 18.1 Å². The smallest absolute Gasteiger partial charge is 0.371 e. The predicted octanol–water partition coefficient (Wildman–Crippen LogP) is 3.64. The molecule has 0 saturated carbocycles. The van der Waals surface area contributed by atoms with E-state index in [1.165, 1.54) is 24.3 Å². The third-order valence-corrected chi connectivity index (χ3v) is 3.23. The fourth-order valence-corrected chi connectivity index (χ4v) is 2.10. The number of carboxylic acids is 1. The highest BCUT2D eigenvalue weighted by Crippen LogP contribution is 2.29. The van der Waals surface area contributed by atoms with Crippen LogP contribution in [0.25, 0.3) is 6.08 Å². The van der Waals surface area contributed by atoms with E-state index in [0.717, 1.165) is 5.56 Å². The van der Waals surface area contributed by atoms with Gasteiger partial charge in [-0.15, -0.1) is 0 Å². The van der Waals surface area contributed by atoms with Gasteiger partial charge in [0, 0.05) is 6.07 Å². The Morgan fingerprint density at radius 1 is 1.24 bits per heavy atom. The highest BCUT2D eigenvalue weighted by molar-refractivity contribution is 5.90. The third kappa shape index (κ3) is 5.07. The number of aliphatic carboxylic acids is 1. The summed E-state index contributed by atoms with van der Waals surface area (Å²) in [6, 6.07) is 13.5. The van der Waals surface area contributed by atoms with Crippen molar-refractivity contribution in [3.63, 3.8) is 0 Å². The van der Waals surface area contributed by atoms with E-state index in [1.807, 2.05) is 30.3 Å². The van der Waals surface area contributed by atoms with Crippen LogP contribution in [0.2, 0.25) is 0 Å². The quantitative estimate of drug-likeness (QED) is 0.340. The Balaban J connectivity index is 2.26. The van der Waals surface area contributed by atoms with Crippen molar-refractivity contribution in [3.8, 4) is 5.75 Å². The van der Waals surface area contributed by atoms with E-state index >= 15 is 0 Å². The van der Waals surface area contributed by atoms with E-state index in [0.29, 0.717) is 5.56 Å². The molecule has 25 heavy (non-hydrogen) atoms. The molecule has 0 unspecified atom stereocenters. The summed E-state index contributed by atoms with van der Waals surface area (Å²) in [6.45, 7) is 2.02. The molecule has 0 atom stereocenters. The molecule has 0 heterocycles. The molecule has 0 saturated heterocycles. The number of hydrogen-bond donors (Lipinski definition) is 1. The van der Waals surface area contributed by atoms with Gasteiger partial charge < -0.3 is 14.6 Å². The van der Waals surface area contributed by atoms with Crippen LogP contribution >= 0.6 is 0 Å². The van der Waals surface area contributed by atoms with Crippen LogP contribution in [0.15, 0.2) is 54.3 Å². The van der Waals surface area contributed by atoms with E-state index in [1.54, 1.807) is 6.92 Å². The van der Waals surface area contributed by atoms with Crippen LogP contribution in [0.5, 0.6) is 5.75 Å². The summed E-state index contributed by atoms with van der Waals surface area (Å²) >= 11 is 0. The second kappa shape index (κ2) is 8.49. The lowest BCUT2D eigenvalue weighted by Crippen LogP contribution is -2.04. The Hall–Kier alpha value is -3.35. The lowest BCUT2D eigenvalue weighted by Gasteiger charge is -2.08. The van der Waals surface area contributed by atoms with Gasteiger partial charge in [0.05, 0.1) is 11.5 Å². The summed E-state index contributed by atoms with van der Waals surface area (Å²) in [7, 11) is 0. The van der Waals surface area contributed by atoms with Crippen LogP contribution in [0, 0.1) is 10.1 Å². The van der Waals surface area contributed by atoms with Gasteiger partial charge in [0.1, 0.15) is 6.61 Å². The van der Waals surface area contributed by atoms with E-state index < -0.39 is 10.9 Å². The molecule has 0 amide bonds. The van der Waals surface area contributed by atoms with E-state index in [4.69, 9.17) is 14.6 Å². The maximum atomic E-state index is 11.3. The molecule has 0 bridgehead atoms. The second-order valence-electron chi connectivity index (χ2n) is 5.01. The Bertz CT molecular complexity index is 785. The molecule has 130 valence electrons. The van der Waals surface area contributed by atoms with Gasteiger partial charge in [-0.3, -0.25) is 10.1 Å². The minimum absolute atomic E-state index is 0.110. The molecular formula is C18H17NO6. The van der Waals surface area contributed by atoms with Crippen molar-refractivity contribution >= 4 is 17.7 Å². The normalized spacial score (nSPS) is 11.0. The zero-order chi connectivity index (χ0) is 18.2. The van der Waals surface area contributed by atoms with Crippen LogP contribution in [-0.2, 0) is 16.1 Å². The molecular weight excluding hydrogens is 326 g/mol. The zero-order valence-electron chi connectivity index (χ0n) is 13.5. The van der Waals surface area contributed by atoms with Crippen molar-refractivity contribution in [2.24, 2.45) is 0 Å². The topological polar surface area (TPSA) is 98.9 Å². The molecule has 0 aromatic heterocycles. The lowest BCUT2D eigenvalue weighted by molar-refractivity contribution is -0.386. The van der Waals surface area contributed by atoms with Crippen molar-refractivity contribution < 1.29 is 24.3 Å². The first-order valence-electron chi connectivity index (χ1n) is 7.54. The number of rotatable bonds is 8. The molecule has 0 aliphatic heterocycles. The van der Waals surface area contributed by atoms with Crippen LogP contribution in [0.4, 0.5) is 5.69 Å². The molecule has 2 rings (SSSR count). The van der Waals surface area contributed by atoms with Crippen molar-refractivity contribution in [2.75, 3.05) is 6.61 Å². The SMILES string of the molecule is CCOC(=Cc1ccc(OCc2ccccc2)c([N+](=O)[O-])c1)C(=O)O. The standard InChI is InChI=1S/C18H17NO6/c1-2-24-17(18(20)21)11-14-8-9-16(15(10-14)19(22)23)25-12-13-6-4-3-5-7-13/h3-11H,2,12H2,1H3,(H,20,21). The number of carboxylic acid groups (broad SMARTS) is 1. The summed E-state index contributed by atoms with van der Waals surface area (Å²) in [4.78, 5) is 21.8. The summed E-state index contributed by atoms with van der Waals surface area (Å²) in [5.41, 5.74) is 0.973. The second-order valence-corrected chi connectivity index (χ2v) is 5.01. The monoisotopic (exact) mass is 343 g/mol. The van der Waals surface area contributed by atoms with E-state index in [2.05, 4.69) is 0 Å². The number of nitro benzene ring substituents is 1. The van der Waals surface area contributed by atoms with Crippen molar-refractivity contribution in [2.45, 2.75) is 13.5 Å². The Labute approximate surface area is 144 Å². The molecule has 7 heteroatoms. The average Bonchev–Trinajstić information content (AvgIpc) is 2.60. The summed E-state index contributed by atoms with van der Waals surface area (Å²) in [6.07, 6.45) is 1.24. The van der Waals surface area contributed by atoms with Gasteiger partial charge >= 0.3 is 11.7 Å². The fraction of sp³-hybridized carbons (Fsp3) is 0.167. The van der Waals surface area contributed by atoms with Crippen molar-refractivity contribution in [1.29, 1.82) is 0 Å². The lowest BCUT2D eigenvalue weighted by atomic mass is 10.1. The first kappa shape index (κ1) is 18.0. The van der Waals surface area contributed by atoms with Gasteiger partial charge in [-0.2, -0.15) is 0 Å². The molecule has 0 aliphatic carbocycles. The molecule has 1 N–H and O–H groups in total. The maximum Gasteiger partial charge on any atom is 0.371 e. The van der Waals surface area contributed by atoms with E-state index in [9.17, 15) is 14.9 Å². The summed E-state index contributed by atoms with van der Waals surface area (Å²) in [5, 5.41) is 20.3. The fourth-order valence-electron chi connectivity index (χ4n) is 2.10. The maximum absolute atomic E-state index is 11.3. The summed E-state index contributed by atoms with van der Waals surface area (Å²) < 4.78 is 10.5. The Morgan fingerprint density at radius 2 is 1.96 bits per heavy atom. The van der Waals surface area contributed by atoms with Gasteiger partial charge in [-0.25, -0.2) is 4.79 Å². The number of carbonyl (C=O) groups is 1. The first-order valence-corrected chi connectivity index (χ1v) is 7.54. The number of nitrogens with zero attached hydrogens (tertiary/aromatic N) is 1. The molecule has 0 radical (unpaired) electrons. The zero-order valence-corrected chi connectivity index (χ0v) is 13.5. The number of benzene rings is 2. The highest BCUT2D eigenvalue weighted by Gasteiger charge is 2.17. The molecule has 0 spiro atoms.